The van der Waals surface area contributed by atoms with E-state index in [4.69, 9.17) is 9.26 Å². The molecule has 0 radical (unpaired) electrons. The zero-order chi connectivity index (χ0) is 15.2. The van der Waals surface area contributed by atoms with Crippen molar-refractivity contribution < 1.29 is 9.26 Å². The van der Waals surface area contributed by atoms with Crippen molar-refractivity contribution in [3.63, 3.8) is 0 Å². The Balaban J connectivity index is 0.00000192. The van der Waals surface area contributed by atoms with Gasteiger partial charge in [-0.15, -0.1) is 12.4 Å². The summed E-state index contributed by atoms with van der Waals surface area (Å²) in [5.41, 5.74) is 0. The molecular weight excluding hydrogens is 318 g/mol. The Bertz CT molecular complexity index is 445. The third kappa shape index (κ3) is 5.69. The highest BCUT2D eigenvalue weighted by molar-refractivity contribution is 5.85. The first-order valence-electron chi connectivity index (χ1n) is 8.29. The van der Waals surface area contributed by atoms with Gasteiger partial charge in [-0.25, -0.2) is 0 Å². The average molecular weight is 346 g/mol. The standard InChI is InChI=1S/C15H27N5O2.ClH/c1-21-12-14-17-15(22-18-14)11-20-8-6-19(7-9-20)10-13-2-4-16-5-3-13;/h13,16H,2-12H2,1H3;1H. The maximum absolute atomic E-state index is 5.26. The summed E-state index contributed by atoms with van der Waals surface area (Å²) in [6.07, 6.45) is 2.65. The molecule has 0 unspecified atom stereocenters. The molecule has 2 aliphatic heterocycles. The van der Waals surface area contributed by atoms with Crippen molar-refractivity contribution in [2.24, 2.45) is 5.92 Å². The number of nitrogens with one attached hydrogen (secondary N) is 1. The van der Waals surface area contributed by atoms with Crippen LogP contribution >= 0.6 is 12.4 Å². The first-order chi connectivity index (χ1) is 10.8. The molecule has 0 aliphatic carbocycles. The largest absolute Gasteiger partial charge is 0.377 e. The van der Waals surface area contributed by atoms with Crippen LogP contribution in [0.5, 0.6) is 0 Å². The zero-order valence-corrected chi connectivity index (χ0v) is 14.7. The second-order valence-corrected chi connectivity index (χ2v) is 6.31. The lowest BCUT2D eigenvalue weighted by Gasteiger charge is -2.36. The van der Waals surface area contributed by atoms with E-state index in [9.17, 15) is 0 Å². The number of aromatic nitrogens is 2. The van der Waals surface area contributed by atoms with Crippen molar-refractivity contribution in [2.45, 2.75) is 26.0 Å². The van der Waals surface area contributed by atoms with Gasteiger partial charge in [-0.3, -0.25) is 4.90 Å². The number of piperazine rings is 1. The second kappa shape index (κ2) is 9.54. The summed E-state index contributed by atoms with van der Waals surface area (Å²) >= 11 is 0. The molecule has 1 N–H and O–H groups in total. The Morgan fingerprint density at radius 2 is 1.87 bits per heavy atom. The third-order valence-corrected chi connectivity index (χ3v) is 4.58. The van der Waals surface area contributed by atoms with Gasteiger partial charge in [0.15, 0.2) is 5.82 Å². The van der Waals surface area contributed by atoms with Crippen molar-refractivity contribution in [3.05, 3.63) is 11.7 Å². The molecule has 0 amide bonds. The normalized spacial score (nSPS) is 21.3. The highest BCUT2D eigenvalue weighted by Crippen LogP contribution is 2.15. The summed E-state index contributed by atoms with van der Waals surface area (Å²) in [6.45, 7) is 9.22. The zero-order valence-electron chi connectivity index (χ0n) is 13.9. The van der Waals surface area contributed by atoms with E-state index in [1.54, 1.807) is 7.11 Å². The van der Waals surface area contributed by atoms with Crippen LogP contribution in [0.15, 0.2) is 4.52 Å². The van der Waals surface area contributed by atoms with E-state index in [0.29, 0.717) is 18.3 Å². The van der Waals surface area contributed by atoms with Gasteiger partial charge in [-0.05, 0) is 31.8 Å². The molecule has 7 nitrogen and oxygen atoms in total. The fraction of sp³-hybridized carbons (Fsp3) is 0.867. The molecule has 132 valence electrons. The van der Waals surface area contributed by atoms with Crippen LogP contribution < -0.4 is 5.32 Å². The van der Waals surface area contributed by atoms with E-state index >= 15 is 0 Å². The molecule has 0 atom stereocenters. The Morgan fingerprint density at radius 3 is 2.57 bits per heavy atom. The quantitative estimate of drug-likeness (QED) is 0.816. The third-order valence-electron chi connectivity index (χ3n) is 4.58. The lowest BCUT2D eigenvalue weighted by Crippen LogP contribution is -2.48. The topological polar surface area (TPSA) is 66.7 Å². The van der Waals surface area contributed by atoms with Gasteiger partial charge in [0.25, 0.3) is 0 Å². The summed E-state index contributed by atoms with van der Waals surface area (Å²) < 4.78 is 10.3. The lowest BCUT2D eigenvalue weighted by atomic mass is 9.97. The Morgan fingerprint density at radius 1 is 1.17 bits per heavy atom. The van der Waals surface area contributed by atoms with Crippen molar-refractivity contribution in [3.8, 4) is 0 Å². The van der Waals surface area contributed by atoms with Crippen molar-refractivity contribution >= 4 is 12.4 Å². The van der Waals surface area contributed by atoms with Gasteiger partial charge in [-0.2, -0.15) is 4.98 Å². The average Bonchev–Trinajstić information content (AvgIpc) is 2.98. The first kappa shape index (κ1) is 18.6. The number of rotatable bonds is 6. The van der Waals surface area contributed by atoms with Crippen molar-refractivity contribution in [2.75, 3.05) is 52.9 Å². The smallest absolute Gasteiger partial charge is 0.240 e. The van der Waals surface area contributed by atoms with Gasteiger partial charge < -0.3 is 19.5 Å². The maximum Gasteiger partial charge on any atom is 0.240 e. The molecule has 2 saturated heterocycles. The minimum atomic E-state index is 0. The highest BCUT2D eigenvalue weighted by atomic mass is 35.5. The molecule has 0 aromatic carbocycles. The van der Waals surface area contributed by atoms with E-state index in [-0.39, 0.29) is 12.4 Å². The molecule has 8 heteroatoms. The predicted octanol–water partition coefficient (Wildman–Crippen LogP) is 0.755. The van der Waals surface area contributed by atoms with Crippen LogP contribution in [0.2, 0.25) is 0 Å². The summed E-state index contributed by atoms with van der Waals surface area (Å²) in [7, 11) is 1.64. The number of hydrogen-bond acceptors (Lipinski definition) is 7. The molecule has 0 saturated carbocycles. The Labute approximate surface area is 144 Å². The monoisotopic (exact) mass is 345 g/mol. The maximum atomic E-state index is 5.26. The number of ether oxygens (including phenoxy) is 1. The van der Waals surface area contributed by atoms with Gasteiger partial charge in [-0.1, -0.05) is 5.16 Å². The molecule has 0 bridgehead atoms. The summed E-state index contributed by atoms with van der Waals surface area (Å²) in [5, 5.41) is 7.35. The summed E-state index contributed by atoms with van der Waals surface area (Å²) in [5.74, 6) is 2.20. The van der Waals surface area contributed by atoms with Crippen LogP contribution in [0.25, 0.3) is 0 Å². The molecule has 1 aromatic rings. The summed E-state index contributed by atoms with van der Waals surface area (Å²) in [4.78, 5) is 9.34. The molecular formula is C15H28ClN5O2. The minimum Gasteiger partial charge on any atom is -0.377 e. The van der Waals surface area contributed by atoms with E-state index in [1.165, 1.54) is 32.5 Å². The van der Waals surface area contributed by atoms with Crippen LogP contribution in [0.4, 0.5) is 0 Å². The Hall–Kier alpha value is -0.730. The molecule has 2 fully saturated rings. The molecule has 23 heavy (non-hydrogen) atoms. The van der Waals surface area contributed by atoms with Crippen molar-refractivity contribution in [1.82, 2.24) is 25.3 Å². The number of hydrogen-bond donors (Lipinski definition) is 1. The Kier molecular flexibility index (Phi) is 7.72. The molecule has 0 spiro atoms. The molecule has 2 aliphatic rings. The van der Waals surface area contributed by atoms with Crippen LogP contribution in [-0.2, 0) is 17.9 Å². The second-order valence-electron chi connectivity index (χ2n) is 6.31. The van der Waals surface area contributed by atoms with E-state index in [1.807, 2.05) is 0 Å². The van der Waals surface area contributed by atoms with Crippen LogP contribution in [0.1, 0.15) is 24.6 Å². The van der Waals surface area contributed by atoms with Crippen LogP contribution in [0.3, 0.4) is 0 Å². The minimum absolute atomic E-state index is 0. The van der Waals surface area contributed by atoms with Gasteiger partial charge in [0, 0.05) is 39.8 Å². The van der Waals surface area contributed by atoms with Crippen LogP contribution in [0, 0.1) is 5.92 Å². The van der Waals surface area contributed by atoms with Crippen LogP contribution in [-0.4, -0.2) is 72.9 Å². The number of methoxy groups -OCH3 is 1. The fourth-order valence-corrected chi connectivity index (χ4v) is 3.29. The van der Waals surface area contributed by atoms with E-state index in [0.717, 1.165) is 38.6 Å². The molecule has 1 aromatic heterocycles. The summed E-state index contributed by atoms with van der Waals surface area (Å²) in [6, 6.07) is 0. The van der Waals surface area contributed by atoms with Gasteiger partial charge in [0.1, 0.15) is 6.61 Å². The lowest BCUT2D eigenvalue weighted by molar-refractivity contribution is 0.0990. The van der Waals surface area contributed by atoms with E-state index in [2.05, 4.69) is 25.3 Å². The number of nitrogens with zero attached hydrogens (tertiary/aromatic N) is 4. The predicted molar refractivity (Wildman–Crippen MR) is 89.6 cm³/mol. The van der Waals surface area contributed by atoms with Gasteiger partial charge in [0.2, 0.25) is 5.89 Å². The van der Waals surface area contributed by atoms with Gasteiger partial charge >= 0.3 is 0 Å². The fourth-order valence-electron chi connectivity index (χ4n) is 3.29. The van der Waals surface area contributed by atoms with Crippen molar-refractivity contribution in [1.29, 1.82) is 0 Å². The molecule has 3 heterocycles. The SMILES string of the molecule is COCc1noc(CN2CCN(CC3CCNCC3)CC2)n1.Cl. The number of halogens is 1. The van der Waals surface area contributed by atoms with Gasteiger partial charge in [0.05, 0.1) is 6.54 Å². The van der Waals surface area contributed by atoms with E-state index < -0.39 is 0 Å². The molecule has 3 rings (SSSR count). The number of piperidine rings is 1. The first-order valence-corrected chi connectivity index (χ1v) is 8.29. The highest BCUT2D eigenvalue weighted by Gasteiger charge is 2.22.